The summed E-state index contributed by atoms with van der Waals surface area (Å²) < 4.78 is 39.4. The zero-order valence-electron chi connectivity index (χ0n) is 6.51. The summed E-state index contributed by atoms with van der Waals surface area (Å²) in [5.74, 6) is -0.590. The molecule has 3 nitrogen and oxygen atoms in total. The van der Waals surface area contributed by atoms with Gasteiger partial charge in [-0.25, -0.2) is 4.98 Å². The van der Waals surface area contributed by atoms with Gasteiger partial charge >= 0.3 is 6.36 Å². The molecule has 0 atom stereocenters. The Hall–Kier alpha value is -0.860. The third-order valence-electron chi connectivity index (χ3n) is 1.19. The molecule has 0 aliphatic heterocycles. The van der Waals surface area contributed by atoms with Crippen LogP contribution in [0.2, 0.25) is 0 Å². The Balaban J connectivity index is 3.03. The molecule has 1 heterocycles. The van der Waals surface area contributed by atoms with E-state index in [-0.39, 0.29) is 12.0 Å². The van der Waals surface area contributed by atoms with Crippen LogP contribution in [0.4, 0.5) is 13.2 Å². The fourth-order valence-corrected chi connectivity index (χ4v) is 1.17. The van der Waals surface area contributed by atoms with Gasteiger partial charge in [0.2, 0.25) is 0 Å². The van der Waals surface area contributed by atoms with Crippen LogP contribution in [0.5, 0.6) is 5.75 Å². The number of hydrogen-bond donors (Lipinski definition) is 0. The van der Waals surface area contributed by atoms with Crippen LogP contribution in [0.15, 0.2) is 12.1 Å². The topological polar surface area (TPSA) is 39.2 Å². The Morgan fingerprint density at radius 1 is 1.43 bits per heavy atom. The molecule has 0 saturated carbocycles. The number of alkyl halides is 3. The van der Waals surface area contributed by atoms with E-state index in [2.05, 4.69) is 9.72 Å². The minimum absolute atomic E-state index is 0.212. The number of rotatable bonds is 2. The second-order valence-electron chi connectivity index (χ2n) is 2.18. The third kappa shape index (κ3) is 3.13. The Morgan fingerprint density at radius 2 is 2.07 bits per heavy atom. The lowest BCUT2D eigenvalue weighted by Gasteiger charge is -2.09. The summed E-state index contributed by atoms with van der Waals surface area (Å²) in [6.45, 7) is 0. The van der Waals surface area contributed by atoms with E-state index in [0.29, 0.717) is 3.70 Å². The highest BCUT2D eigenvalue weighted by Gasteiger charge is 2.32. The predicted molar refractivity (Wildman–Crippen MR) is 49.0 cm³/mol. The first-order valence-corrected chi connectivity index (χ1v) is 4.38. The van der Waals surface area contributed by atoms with Crippen molar-refractivity contribution < 1.29 is 22.7 Å². The van der Waals surface area contributed by atoms with Crippen LogP contribution in [-0.2, 0) is 0 Å². The van der Waals surface area contributed by atoms with Gasteiger partial charge in [-0.2, -0.15) is 0 Å². The molecular formula is C7H3F3INO2. The number of aldehydes is 1. The van der Waals surface area contributed by atoms with Gasteiger partial charge in [0.25, 0.3) is 0 Å². The summed E-state index contributed by atoms with van der Waals surface area (Å²) in [7, 11) is 0. The lowest BCUT2D eigenvalue weighted by Crippen LogP contribution is -2.18. The maximum Gasteiger partial charge on any atom is 0.573 e. The van der Waals surface area contributed by atoms with E-state index in [0.717, 1.165) is 6.07 Å². The van der Waals surface area contributed by atoms with Crippen LogP contribution in [-0.4, -0.2) is 17.6 Å². The fourth-order valence-electron chi connectivity index (χ4n) is 0.733. The molecule has 0 amide bonds. The van der Waals surface area contributed by atoms with E-state index in [9.17, 15) is 18.0 Å². The Bertz CT molecular complexity index is 353. The van der Waals surface area contributed by atoms with Crippen molar-refractivity contribution in [2.45, 2.75) is 6.36 Å². The van der Waals surface area contributed by atoms with Crippen LogP contribution in [0, 0.1) is 3.70 Å². The first kappa shape index (κ1) is 11.2. The second kappa shape index (κ2) is 4.11. The minimum Gasteiger partial charge on any atom is -0.403 e. The number of carbonyl (C=O) groups is 1. The summed E-state index contributed by atoms with van der Waals surface area (Å²) in [6.07, 6.45) is -4.60. The van der Waals surface area contributed by atoms with E-state index in [4.69, 9.17) is 0 Å². The molecule has 0 bridgehead atoms. The molecule has 0 radical (unpaired) electrons. The summed E-state index contributed by atoms with van der Waals surface area (Å²) in [5.41, 5.74) is -0.366. The van der Waals surface area contributed by atoms with Crippen LogP contribution in [0.1, 0.15) is 10.5 Å². The van der Waals surface area contributed by atoms with Gasteiger partial charge in [0.05, 0.1) is 0 Å². The van der Waals surface area contributed by atoms with Crippen molar-refractivity contribution in [3.63, 3.8) is 0 Å². The quantitative estimate of drug-likeness (QED) is 0.478. The standard InChI is InChI=1S/C7H3F3INO2/c8-7(9,10)14-5-1-2-6(11)12-4(5)3-13/h1-3H. The molecule has 0 aliphatic rings. The lowest BCUT2D eigenvalue weighted by molar-refractivity contribution is -0.274. The molecule has 14 heavy (non-hydrogen) atoms. The van der Waals surface area contributed by atoms with Gasteiger partial charge in [0.1, 0.15) is 9.39 Å². The zero-order valence-corrected chi connectivity index (χ0v) is 8.67. The van der Waals surface area contributed by atoms with Gasteiger partial charge < -0.3 is 4.74 Å². The van der Waals surface area contributed by atoms with Crippen LogP contribution in [0.25, 0.3) is 0 Å². The highest BCUT2D eigenvalue weighted by molar-refractivity contribution is 14.1. The van der Waals surface area contributed by atoms with Gasteiger partial charge in [0, 0.05) is 0 Å². The molecule has 0 fully saturated rings. The van der Waals surface area contributed by atoms with Gasteiger partial charge in [0.15, 0.2) is 12.0 Å². The maximum absolute atomic E-state index is 11.8. The Morgan fingerprint density at radius 3 is 2.57 bits per heavy atom. The zero-order chi connectivity index (χ0) is 10.8. The summed E-state index contributed by atoms with van der Waals surface area (Å²) in [5, 5.41) is 0. The molecular weight excluding hydrogens is 314 g/mol. The molecule has 0 N–H and O–H groups in total. The van der Waals surface area contributed by atoms with Crippen molar-refractivity contribution in [1.82, 2.24) is 4.98 Å². The van der Waals surface area contributed by atoms with E-state index in [1.54, 1.807) is 22.6 Å². The van der Waals surface area contributed by atoms with Crippen LogP contribution >= 0.6 is 22.6 Å². The maximum atomic E-state index is 11.8. The van der Waals surface area contributed by atoms with Crippen molar-refractivity contribution in [2.24, 2.45) is 0 Å². The molecule has 1 aromatic rings. The van der Waals surface area contributed by atoms with Gasteiger partial charge in [-0.1, -0.05) is 0 Å². The summed E-state index contributed by atoms with van der Waals surface area (Å²) in [4.78, 5) is 13.9. The SMILES string of the molecule is O=Cc1nc(I)ccc1OC(F)(F)F. The molecule has 0 spiro atoms. The van der Waals surface area contributed by atoms with E-state index >= 15 is 0 Å². The normalized spacial score (nSPS) is 11.1. The van der Waals surface area contributed by atoms with Crippen molar-refractivity contribution in [3.05, 3.63) is 21.5 Å². The molecule has 0 aliphatic carbocycles. The number of hydrogen-bond acceptors (Lipinski definition) is 3. The number of carbonyl (C=O) groups excluding carboxylic acids is 1. The Labute approximate surface area is 90.4 Å². The molecule has 0 unspecified atom stereocenters. The predicted octanol–water partition coefficient (Wildman–Crippen LogP) is 2.40. The van der Waals surface area contributed by atoms with Crippen LogP contribution < -0.4 is 4.74 Å². The molecule has 0 saturated heterocycles. The van der Waals surface area contributed by atoms with Crippen molar-refractivity contribution in [3.8, 4) is 5.75 Å². The van der Waals surface area contributed by atoms with Crippen molar-refractivity contribution in [1.29, 1.82) is 0 Å². The first-order chi connectivity index (χ1) is 6.42. The van der Waals surface area contributed by atoms with Crippen molar-refractivity contribution >= 4 is 28.9 Å². The lowest BCUT2D eigenvalue weighted by atomic mass is 10.3. The number of nitrogens with zero attached hydrogens (tertiary/aromatic N) is 1. The van der Waals surface area contributed by atoms with Gasteiger partial charge in [-0.05, 0) is 34.7 Å². The minimum atomic E-state index is -4.81. The van der Waals surface area contributed by atoms with Crippen LogP contribution in [0.3, 0.4) is 0 Å². The first-order valence-electron chi connectivity index (χ1n) is 3.30. The number of ether oxygens (including phenoxy) is 1. The third-order valence-corrected chi connectivity index (χ3v) is 1.79. The summed E-state index contributed by atoms with van der Waals surface area (Å²) >= 11 is 1.78. The largest absolute Gasteiger partial charge is 0.573 e. The van der Waals surface area contributed by atoms with E-state index < -0.39 is 12.1 Å². The fraction of sp³-hybridized carbons (Fsp3) is 0.143. The molecule has 7 heteroatoms. The average Bonchev–Trinajstić information content (AvgIpc) is 2.06. The smallest absolute Gasteiger partial charge is 0.403 e. The van der Waals surface area contributed by atoms with Gasteiger partial charge in [-0.15, -0.1) is 13.2 Å². The van der Waals surface area contributed by atoms with Crippen molar-refractivity contribution in [2.75, 3.05) is 0 Å². The molecule has 76 valence electrons. The average molecular weight is 317 g/mol. The second-order valence-corrected chi connectivity index (χ2v) is 3.29. The molecule has 1 rings (SSSR count). The molecule has 1 aromatic heterocycles. The van der Waals surface area contributed by atoms with E-state index in [1.807, 2.05) is 0 Å². The highest BCUT2D eigenvalue weighted by Crippen LogP contribution is 2.24. The highest BCUT2D eigenvalue weighted by atomic mass is 127. The number of halogens is 4. The molecule has 0 aromatic carbocycles. The number of pyridine rings is 1. The monoisotopic (exact) mass is 317 g/mol. The number of aromatic nitrogens is 1. The van der Waals surface area contributed by atoms with Gasteiger partial charge in [-0.3, -0.25) is 4.79 Å². The Kier molecular flexibility index (Phi) is 3.29. The van der Waals surface area contributed by atoms with E-state index in [1.165, 1.54) is 6.07 Å². The summed E-state index contributed by atoms with van der Waals surface area (Å²) in [6, 6.07) is 2.36.